The normalized spacial score (nSPS) is 10.1. The predicted molar refractivity (Wildman–Crippen MR) is 54.9 cm³/mol. The van der Waals surface area contributed by atoms with Crippen molar-refractivity contribution in [2.45, 2.75) is 6.42 Å². The summed E-state index contributed by atoms with van der Waals surface area (Å²) in [5.74, 6) is -0.854. The fourth-order valence-electron chi connectivity index (χ4n) is 1.42. The van der Waals surface area contributed by atoms with Crippen molar-refractivity contribution in [2.75, 3.05) is 0 Å². The molecular formula is C11H10N2O2. The first-order valence-electron chi connectivity index (χ1n) is 4.57. The highest BCUT2D eigenvalue weighted by Crippen LogP contribution is 2.10. The van der Waals surface area contributed by atoms with Crippen molar-refractivity contribution in [1.29, 1.82) is 0 Å². The van der Waals surface area contributed by atoms with Crippen LogP contribution in [0.5, 0.6) is 0 Å². The van der Waals surface area contributed by atoms with Gasteiger partial charge in [-0.15, -0.1) is 0 Å². The summed E-state index contributed by atoms with van der Waals surface area (Å²) in [6, 6.07) is 11.2. The van der Waals surface area contributed by atoms with E-state index in [0.29, 0.717) is 5.69 Å². The van der Waals surface area contributed by atoms with Crippen LogP contribution in [0.3, 0.4) is 0 Å². The fourth-order valence-corrected chi connectivity index (χ4v) is 1.42. The van der Waals surface area contributed by atoms with E-state index in [4.69, 9.17) is 5.11 Å². The van der Waals surface area contributed by atoms with E-state index in [2.05, 4.69) is 5.10 Å². The maximum atomic E-state index is 10.6. The van der Waals surface area contributed by atoms with Crippen LogP contribution in [0.1, 0.15) is 5.69 Å². The largest absolute Gasteiger partial charge is 0.481 e. The Morgan fingerprint density at radius 3 is 2.67 bits per heavy atom. The molecule has 1 heterocycles. The highest BCUT2D eigenvalue weighted by atomic mass is 16.4. The first-order chi connectivity index (χ1) is 7.27. The fraction of sp³-hybridized carbons (Fsp3) is 0.0909. The topological polar surface area (TPSA) is 55.1 Å². The van der Waals surface area contributed by atoms with Crippen LogP contribution in [-0.2, 0) is 11.2 Å². The number of benzene rings is 1. The molecule has 1 aromatic heterocycles. The van der Waals surface area contributed by atoms with Crippen molar-refractivity contribution in [2.24, 2.45) is 0 Å². The van der Waals surface area contributed by atoms with Crippen LogP contribution in [0.15, 0.2) is 42.6 Å². The zero-order valence-corrected chi connectivity index (χ0v) is 8.00. The van der Waals surface area contributed by atoms with Crippen LogP contribution in [0.2, 0.25) is 0 Å². The van der Waals surface area contributed by atoms with Gasteiger partial charge in [0.25, 0.3) is 0 Å². The second-order valence-electron chi connectivity index (χ2n) is 3.14. The van der Waals surface area contributed by atoms with Gasteiger partial charge in [0, 0.05) is 6.20 Å². The Bertz CT molecular complexity index is 462. The Balaban J connectivity index is 2.37. The zero-order valence-electron chi connectivity index (χ0n) is 8.00. The number of carboxylic acid groups (broad SMARTS) is 1. The van der Waals surface area contributed by atoms with Gasteiger partial charge in [-0.3, -0.25) is 4.79 Å². The molecule has 0 fully saturated rings. The monoisotopic (exact) mass is 202 g/mol. The quantitative estimate of drug-likeness (QED) is 0.820. The molecule has 4 nitrogen and oxygen atoms in total. The second kappa shape index (κ2) is 3.96. The minimum atomic E-state index is -0.854. The molecule has 0 amide bonds. The second-order valence-corrected chi connectivity index (χ2v) is 3.14. The summed E-state index contributed by atoms with van der Waals surface area (Å²) in [6.45, 7) is 0. The smallest absolute Gasteiger partial charge is 0.309 e. The van der Waals surface area contributed by atoms with Crippen LogP contribution >= 0.6 is 0 Å². The highest BCUT2D eigenvalue weighted by molar-refractivity contribution is 5.69. The lowest BCUT2D eigenvalue weighted by Crippen LogP contribution is -2.07. The molecule has 0 saturated carbocycles. The van der Waals surface area contributed by atoms with Crippen LogP contribution in [0.4, 0.5) is 0 Å². The molecule has 0 aliphatic rings. The van der Waals surface area contributed by atoms with Gasteiger partial charge in [-0.2, -0.15) is 5.10 Å². The summed E-state index contributed by atoms with van der Waals surface area (Å²) < 4.78 is 1.63. The Morgan fingerprint density at radius 2 is 2.00 bits per heavy atom. The summed E-state index contributed by atoms with van der Waals surface area (Å²) in [6.07, 6.45) is 1.58. The van der Waals surface area contributed by atoms with Gasteiger partial charge in [-0.1, -0.05) is 18.2 Å². The van der Waals surface area contributed by atoms with Crippen molar-refractivity contribution in [3.63, 3.8) is 0 Å². The maximum absolute atomic E-state index is 10.6. The molecule has 0 aliphatic carbocycles. The van der Waals surface area contributed by atoms with Crippen molar-refractivity contribution < 1.29 is 9.90 Å². The Morgan fingerprint density at radius 1 is 1.27 bits per heavy atom. The lowest BCUT2D eigenvalue weighted by molar-refractivity contribution is -0.136. The number of carbonyl (C=O) groups is 1. The van der Waals surface area contributed by atoms with Crippen molar-refractivity contribution in [3.05, 3.63) is 48.3 Å². The third kappa shape index (κ3) is 2.04. The molecule has 0 spiro atoms. The average Bonchev–Trinajstić information content (AvgIpc) is 2.66. The number of nitrogens with zero attached hydrogens (tertiary/aromatic N) is 2. The highest BCUT2D eigenvalue weighted by Gasteiger charge is 2.07. The summed E-state index contributed by atoms with van der Waals surface area (Å²) in [5.41, 5.74) is 1.55. The van der Waals surface area contributed by atoms with E-state index in [9.17, 15) is 4.79 Å². The van der Waals surface area contributed by atoms with E-state index >= 15 is 0 Å². The van der Waals surface area contributed by atoms with Gasteiger partial charge >= 0.3 is 5.97 Å². The first kappa shape index (κ1) is 9.45. The van der Waals surface area contributed by atoms with Crippen molar-refractivity contribution >= 4 is 5.97 Å². The van der Waals surface area contributed by atoms with E-state index in [-0.39, 0.29) is 6.42 Å². The molecule has 4 heteroatoms. The lowest BCUT2D eigenvalue weighted by atomic mass is 10.3. The van der Waals surface area contributed by atoms with Gasteiger partial charge in [0.05, 0.1) is 17.8 Å². The van der Waals surface area contributed by atoms with E-state index in [1.807, 2.05) is 30.3 Å². The molecule has 2 aromatic rings. The van der Waals surface area contributed by atoms with Gasteiger partial charge in [0.15, 0.2) is 0 Å². The lowest BCUT2D eigenvalue weighted by Gasteiger charge is -2.04. The zero-order chi connectivity index (χ0) is 10.7. The number of para-hydroxylation sites is 1. The van der Waals surface area contributed by atoms with E-state index in [0.717, 1.165) is 5.69 Å². The van der Waals surface area contributed by atoms with Gasteiger partial charge in [-0.25, -0.2) is 4.68 Å². The summed E-state index contributed by atoms with van der Waals surface area (Å²) in [7, 11) is 0. The maximum Gasteiger partial charge on any atom is 0.309 e. The minimum Gasteiger partial charge on any atom is -0.481 e. The van der Waals surface area contributed by atoms with E-state index < -0.39 is 5.97 Å². The first-order valence-corrected chi connectivity index (χ1v) is 4.57. The number of hydrogen-bond donors (Lipinski definition) is 1. The van der Waals surface area contributed by atoms with Crippen LogP contribution in [0, 0.1) is 0 Å². The van der Waals surface area contributed by atoms with Gasteiger partial charge in [0.1, 0.15) is 0 Å². The number of hydrogen-bond acceptors (Lipinski definition) is 2. The minimum absolute atomic E-state index is 0.0190. The predicted octanol–water partition coefficient (Wildman–Crippen LogP) is 1.50. The van der Waals surface area contributed by atoms with E-state index in [1.165, 1.54) is 0 Å². The number of aliphatic carboxylic acids is 1. The van der Waals surface area contributed by atoms with Crippen LogP contribution in [0.25, 0.3) is 5.69 Å². The molecular weight excluding hydrogens is 192 g/mol. The Hall–Kier alpha value is -2.10. The Kier molecular flexibility index (Phi) is 2.49. The Labute approximate surface area is 86.8 Å². The summed E-state index contributed by atoms with van der Waals surface area (Å²) in [4.78, 5) is 10.6. The van der Waals surface area contributed by atoms with Crippen LogP contribution < -0.4 is 0 Å². The molecule has 0 saturated heterocycles. The molecule has 1 N–H and O–H groups in total. The standard InChI is InChI=1S/C11H10N2O2/c14-11(15)8-10-6-7-12-13(10)9-4-2-1-3-5-9/h1-7H,8H2,(H,14,15). The summed E-state index contributed by atoms with van der Waals surface area (Å²) in [5, 5.41) is 12.8. The molecule has 2 rings (SSSR count). The third-order valence-corrected chi connectivity index (χ3v) is 2.05. The molecule has 0 aliphatic heterocycles. The molecule has 1 aromatic carbocycles. The molecule has 0 unspecified atom stereocenters. The SMILES string of the molecule is O=C(O)Cc1ccnn1-c1ccccc1. The number of aromatic nitrogens is 2. The average molecular weight is 202 g/mol. The number of rotatable bonds is 3. The molecule has 15 heavy (non-hydrogen) atoms. The summed E-state index contributed by atoms with van der Waals surface area (Å²) >= 11 is 0. The molecule has 0 radical (unpaired) electrons. The molecule has 76 valence electrons. The van der Waals surface area contributed by atoms with Gasteiger partial charge in [-0.05, 0) is 18.2 Å². The van der Waals surface area contributed by atoms with Crippen molar-refractivity contribution in [3.8, 4) is 5.69 Å². The van der Waals surface area contributed by atoms with Gasteiger partial charge in [0.2, 0.25) is 0 Å². The van der Waals surface area contributed by atoms with E-state index in [1.54, 1.807) is 16.9 Å². The van der Waals surface area contributed by atoms with Crippen LogP contribution in [-0.4, -0.2) is 20.9 Å². The third-order valence-electron chi connectivity index (χ3n) is 2.05. The van der Waals surface area contributed by atoms with Crippen molar-refractivity contribution in [1.82, 2.24) is 9.78 Å². The molecule has 0 bridgehead atoms. The number of carboxylic acids is 1. The molecule has 0 atom stereocenters. The van der Waals surface area contributed by atoms with Gasteiger partial charge < -0.3 is 5.11 Å².